The summed E-state index contributed by atoms with van der Waals surface area (Å²) in [5.74, 6) is 6.09. The van der Waals surface area contributed by atoms with Crippen LogP contribution in [0.3, 0.4) is 0 Å². The predicted molar refractivity (Wildman–Crippen MR) is 70.2 cm³/mol. The Morgan fingerprint density at radius 3 is 2.47 bits per heavy atom. The maximum atomic E-state index is 11.7. The number of amides is 1. The lowest BCUT2D eigenvalue weighted by Crippen LogP contribution is -2.51. The van der Waals surface area contributed by atoms with Gasteiger partial charge in [0.15, 0.2) is 0 Å². The quantitative estimate of drug-likeness (QED) is 0.422. The first-order valence-corrected chi connectivity index (χ1v) is 6.97. The van der Waals surface area contributed by atoms with Crippen LogP contribution in [0.2, 0.25) is 0 Å². The van der Waals surface area contributed by atoms with Crippen molar-refractivity contribution in [2.24, 2.45) is 11.8 Å². The van der Waals surface area contributed by atoms with E-state index in [9.17, 15) is 4.79 Å². The van der Waals surface area contributed by atoms with Gasteiger partial charge in [-0.05, 0) is 38.3 Å². The summed E-state index contributed by atoms with van der Waals surface area (Å²) in [5.41, 5.74) is 2.30. The molecule has 1 rings (SSSR count). The van der Waals surface area contributed by atoms with Crippen LogP contribution in [0.4, 0.5) is 0 Å². The van der Waals surface area contributed by atoms with Gasteiger partial charge in [-0.2, -0.15) is 0 Å². The van der Waals surface area contributed by atoms with E-state index >= 15 is 0 Å². The summed E-state index contributed by atoms with van der Waals surface area (Å²) < 4.78 is 0. The summed E-state index contributed by atoms with van der Waals surface area (Å²) in [7, 11) is 0. The zero-order chi connectivity index (χ0) is 12.7. The minimum atomic E-state index is -0.0270. The molecule has 4 heteroatoms. The van der Waals surface area contributed by atoms with E-state index in [1.165, 1.54) is 25.7 Å². The van der Waals surface area contributed by atoms with E-state index in [0.29, 0.717) is 0 Å². The molecule has 0 aromatic carbocycles. The molecule has 1 unspecified atom stereocenters. The monoisotopic (exact) mass is 241 g/mol. The third-order valence-corrected chi connectivity index (χ3v) is 3.79. The van der Waals surface area contributed by atoms with Crippen molar-refractivity contribution in [2.45, 2.75) is 58.4 Å². The second-order valence-corrected chi connectivity index (χ2v) is 5.08. The third kappa shape index (κ3) is 4.28. The molecule has 100 valence electrons. The highest BCUT2D eigenvalue weighted by molar-refractivity contribution is 5.81. The van der Waals surface area contributed by atoms with Crippen LogP contribution in [0.5, 0.6) is 0 Å². The van der Waals surface area contributed by atoms with Gasteiger partial charge in [-0.3, -0.25) is 15.1 Å². The largest absolute Gasteiger partial charge is 0.293 e. The SMILES string of the molecule is CCCC1CCN(C(CCC)C(=O)NN)CC1. The maximum Gasteiger partial charge on any atom is 0.251 e. The zero-order valence-electron chi connectivity index (χ0n) is 11.2. The third-order valence-electron chi connectivity index (χ3n) is 3.79. The number of nitrogens with two attached hydrogens (primary N) is 1. The molecule has 1 saturated heterocycles. The fourth-order valence-electron chi connectivity index (χ4n) is 2.81. The molecule has 1 amide bonds. The lowest BCUT2D eigenvalue weighted by molar-refractivity contribution is -0.127. The van der Waals surface area contributed by atoms with Crippen LogP contribution in [0.15, 0.2) is 0 Å². The molecule has 0 aliphatic carbocycles. The van der Waals surface area contributed by atoms with Crippen molar-refractivity contribution in [3.63, 3.8) is 0 Å². The minimum Gasteiger partial charge on any atom is -0.293 e. The van der Waals surface area contributed by atoms with Crippen LogP contribution in [0.1, 0.15) is 52.4 Å². The van der Waals surface area contributed by atoms with E-state index in [-0.39, 0.29) is 11.9 Å². The fraction of sp³-hybridized carbons (Fsp3) is 0.923. The van der Waals surface area contributed by atoms with Gasteiger partial charge in [0.05, 0.1) is 6.04 Å². The van der Waals surface area contributed by atoms with Gasteiger partial charge in [0.1, 0.15) is 0 Å². The Labute approximate surface area is 105 Å². The highest BCUT2D eigenvalue weighted by Crippen LogP contribution is 2.24. The number of hydrogen-bond acceptors (Lipinski definition) is 3. The average molecular weight is 241 g/mol. The summed E-state index contributed by atoms with van der Waals surface area (Å²) in [4.78, 5) is 14.0. The van der Waals surface area contributed by atoms with Gasteiger partial charge in [-0.25, -0.2) is 5.84 Å². The number of carbonyl (C=O) groups excluding carboxylic acids is 1. The molecule has 1 aliphatic rings. The Balaban J connectivity index is 2.45. The van der Waals surface area contributed by atoms with Gasteiger partial charge >= 0.3 is 0 Å². The van der Waals surface area contributed by atoms with Crippen molar-refractivity contribution in [2.75, 3.05) is 13.1 Å². The normalized spacial score (nSPS) is 20.2. The lowest BCUT2D eigenvalue weighted by atomic mass is 9.91. The number of carbonyl (C=O) groups is 1. The molecule has 0 bridgehead atoms. The highest BCUT2D eigenvalue weighted by atomic mass is 16.2. The van der Waals surface area contributed by atoms with Crippen molar-refractivity contribution in [1.82, 2.24) is 10.3 Å². The van der Waals surface area contributed by atoms with Crippen LogP contribution < -0.4 is 11.3 Å². The Kier molecular flexibility index (Phi) is 6.52. The summed E-state index contributed by atoms with van der Waals surface area (Å²) in [5, 5.41) is 0. The van der Waals surface area contributed by atoms with Gasteiger partial charge in [0.25, 0.3) is 5.91 Å². The van der Waals surface area contributed by atoms with Crippen LogP contribution in [-0.4, -0.2) is 29.9 Å². The first kappa shape index (κ1) is 14.5. The Bertz CT molecular complexity index is 225. The van der Waals surface area contributed by atoms with Crippen LogP contribution in [0, 0.1) is 5.92 Å². The van der Waals surface area contributed by atoms with E-state index in [2.05, 4.69) is 24.2 Å². The van der Waals surface area contributed by atoms with Gasteiger partial charge < -0.3 is 0 Å². The van der Waals surface area contributed by atoms with Gasteiger partial charge in [0, 0.05) is 0 Å². The summed E-state index contributed by atoms with van der Waals surface area (Å²) in [6, 6.07) is -0.0208. The second-order valence-electron chi connectivity index (χ2n) is 5.08. The topological polar surface area (TPSA) is 58.4 Å². The van der Waals surface area contributed by atoms with E-state index in [1.54, 1.807) is 0 Å². The van der Waals surface area contributed by atoms with Crippen molar-refractivity contribution >= 4 is 5.91 Å². The Morgan fingerprint density at radius 1 is 1.35 bits per heavy atom. The zero-order valence-corrected chi connectivity index (χ0v) is 11.2. The van der Waals surface area contributed by atoms with Crippen LogP contribution in [-0.2, 0) is 4.79 Å². The molecule has 1 heterocycles. The van der Waals surface area contributed by atoms with Crippen LogP contribution >= 0.6 is 0 Å². The Hall–Kier alpha value is -0.610. The molecule has 3 N–H and O–H groups in total. The van der Waals surface area contributed by atoms with Crippen molar-refractivity contribution < 1.29 is 4.79 Å². The van der Waals surface area contributed by atoms with Crippen molar-refractivity contribution in [3.05, 3.63) is 0 Å². The molecule has 0 aromatic rings. The molecule has 1 atom stereocenters. The Morgan fingerprint density at radius 2 is 2.00 bits per heavy atom. The molecule has 1 aliphatic heterocycles. The van der Waals surface area contributed by atoms with Crippen molar-refractivity contribution in [1.29, 1.82) is 0 Å². The maximum absolute atomic E-state index is 11.7. The predicted octanol–water partition coefficient (Wildman–Crippen LogP) is 1.66. The molecule has 0 spiro atoms. The molecule has 0 radical (unpaired) electrons. The minimum absolute atomic E-state index is 0.0208. The number of rotatable bonds is 6. The first-order chi connectivity index (χ1) is 8.22. The van der Waals surface area contributed by atoms with E-state index in [0.717, 1.165) is 31.8 Å². The fourth-order valence-corrected chi connectivity index (χ4v) is 2.81. The standard InChI is InChI=1S/C13H27N3O/c1-3-5-11-7-9-16(10-8-11)12(6-4-2)13(17)15-14/h11-12H,3-10,14H2,1-2H3,(H,15,17). The smallest absolute Gasteiger partial charge is 0.251 e. The number of likely N-dealkylation sites (tertiary alicyclic amines) is 1. The molecule has 0 saturated carbocycles. The summed E-state index contributed by atoms with van der Waals surface area (Å²) in [6.07, 6.45) is 6.98. The van der Waals surface area contributed by atoms with Gasteiger partial charge in [-0.15, -0.1) is 0 Å². The number of nitrogens with one attached hydrogen (secondary N) is 1. The second kappa shape index (κ2) is 7.67. The van der Waals surface area contributed by atoms with Crippen LogP contribution in [0.25, 0.3) is 0 Å². The lowest BCUT2D eigenvalue weighted by Gasteiger charge is -2.36. The van der Waals surface area contributed by atoms with E-state index < -0.39 is 0 Å². The average Bonchev–Trinajstić information content (AvgIpc) is 2.37. The molecule has 0 aromatic heterocycles. The summed E-state index contributed by atoms with van der Waals surface area (Å²) >= 11 is 0. The number of nitrogens with zero attached hydrogens (tertiary/aromatic N) is 1. The first-order valence-electron chi connectivity index (χ1n) is 6.97. The molecule has 17 heavy (non-hydrogen) atoms. The number of hydrogen-bond donors (Lipinski definition) is 2. The molecular formula is C13H27N3O. The molecule has 4 nitrogen and oxygen atoms in total. The number of piperidine rings is 1. The van der Waals surface area contributed by atoms with Gasteiger partial charge in [-0.1, -0.05) is 33.1 Å². The summed E-state index contributed by atoms with van der Waals surface area (Å²) in [6.45, 7) is 6.44. The van der Waals surface area contributed by atoms with E-state index in [4.69, 9.17) is 5.84 Å². The number of hydrazine groups is 1. The molecule has 1 fully saturated rings. The van der Waals surface area contributed by atoms with E-state index in [1.807, 2.05) is 0 Å². The highest BCUT2D eigenvalue weighted by Gasteiger charge is 2.28. The van der Waals surface area contributed by atoms with Gasteiger partial charge in [0.2, 0.25) is 0 Å². The molecular weight excluding hydrogens is 214 g/mol. The van der Waals surface area contributed by atoms with Crippen molar-refractivity contribution in [3.8, 4) is 0 Å².